The Balaban J connectivity index is 1.47. The third kappa shape index (κ3) is 4.03. The van der Waals surface area contributed by atoms with Crippen LogP contribution in [0.3, 0.4) is 0 Å². The van der Waals surface area contributed by atoms with Gasteiger partial charge in [-0.2, -0.15) is 9.61 Å². The van der Waals surface area contributed by atoms with Crippen LogP contribution in [0.5, 0.6) is 0 Å². The predicted molar refractivity (Wildman–Crippen MR) is 122 cm³/mol. The second-order valence-electron chi connectivity index (χ2n) is 5.84. The fraction of sp³-hybridized carbons (Fsp3) is 0.0556. The number of nitrogens with one attached hydrogen (secondary N) is 2. The van der Waals surface area contributed by atoms with Crippen molar-refractivity contribution in [1.82, 2.24) is 25.1 Å². The van der Waals surface area contributed by atoms with Crippen molar-refractivity contribution < 1.29 is 4.79 Å². The summed E-state index contributed by atoms with van der Waals surface area (Å²) in [6, 6.07) is 14.9. The Morgan fingerprint density at radius 3 is 2.71 bits per heavy atom. The minimum absolute atomic E-state index is 0.231. The maximum atomic E-state index is 12.3. The molecule has 2 aromatic carbocycles. The van der Waals surface area contributed by atoms with E-state index in [1.807, 2.05) is 43.3 Å². The van der Waals surface area contributed by atoms with Gasteiger partial charge in [-0.05, 0) is 78.1 Å². The van der Waals surface area contributed by atoms with Gasteiger partial charge in [-0.25, -0.2) is 0 Å². The van der Waals surface area contributed by atoms with Crippen molar-refractivity contribution >= 4 is 67.8 Å². The zero-order valence-electron chi connectivity index (χ0n) is 14.5. The molecule has 0 fully saturated rings. The largest absolute Gasteiger partial charge is 0.332 e. The summed E-state index contributed by atoms with van der Waals surface area (Å²) in [5.41, 5.74) is 2.23. The van der Waals surface area contributed by atoms with E-state index in [9.17, 15) is 4.79 Å². The summed E-state index contributed by atoms with van der Waals surface area (Å²) >= 11 is 8.92. The molecule has 0 saturated heterocycles. The molecule has 28 heavy (non-hydrogen) atoms. The average Bonchev–Trinajstić information content (AvgIpc) is 3.24. The van der Waals surface area contributed by atoms with Gasteiger partial charge in [-0.15, -0.1) is 10.2 Å². The number of aryl methyl sites for hydroxylation is 1. The van der Waals surface area contributed by atoms with Crippen LogP contribution in [0.4, 0.5) is 5.69 Å². The molecule has 0 unspecified atom stereocenters. The van der Waals surface area contributed by atoms with Gasteiger partial charge in [0.05, 0.1) is 0 Å². The van der Waals surface area contributed by atoms with Crippen molar-refractivity contribution in [2.45, 2.75) is 6.92 Å². The smallest absolute Gasteiger partial charge is 0.257 e. The number of halogens is 1. The predicted octanol–water partition coefficient (Wildman–Crippen LogP) is 3.89. The Bertz CT molecular complexity index is 1180. The molecule has 2 heterocycles. The van der Waals surface area contributed by atoms with E-state index >= 15 is 0 Å². The third-order valence-corrected chi connectivity index (χ3v) is 5.72. The highest BCUT2D eigenvalue weighted by atomic mass is 127. The molecule has 0 radical (unpaired) electrons. The first-order valence-electron chi connectivity index (χ1n) is 8.17. The van der Waals surface area contributed by atoms with Crippen LogP contribution in [-0.2, 0) is 0 Å². The molecule has 2 aromatic heterocycles. The SMILES string of the molecule is Cc1nnc2sc(-c3cccc(NC(=S)NC(=O)c4ccc(I)cc4)c3)nn12. The Kier molecular flexibility index (Phi) is 5.33. The number of hydrogen-bond donors (Lipinski definition) is 2. The van der Waals surface area contributed by atoms with Gasteiger partial charge in [0.2, 0.25) is 4.96 Å². The number of nitrogens with zero attached hydrogens (tertiary/aromatic N) is 4. The molecule has 2 N–H and O–H groups in total. The lowest BCUT2D eigenvalue weighted by atomic mass is 10.2. The van der Waals surface area contributed by atoms with E-state index < -0.39 is 0 Å². The van der Waals surface area contributed by atoms with Crippen LogP contribution in [0.15, 0.2) is 48.5 Å². The quantitative estimate of drug-likeness (QED) is 0.315. The Hall–Kier alpha value is -2.44. The first-order valence-corrected chi connectivity index (χ1v) is 10.5. The van der Waals surface area contributed by atoms with Crippen LogP contribution in [0.2, 0.25) is 0 Å². The summed E-state index contributed by atoms with van der Waals surface area (Å²) in [6.07, 6.45) is 0. The lowest BCUT2D eigenvalue weighted by molar-refractivity contribution is 0.0977. The van der Waals surface area contributed by atoms with E-state index in [2.05, 4.69) is 48.5 Å². The summed E-state index contributed by atoms with van der Waals surface area (Å²) < 4.78 is 2.78. The number of fused-ring (bicyclic) bond motifs is 1. The highest BCUT2D eigenvalue weighted by Gasteiger charge is 2.12. The van der Waals surface area contributed by atoms with Crippen LogP contribution in [0.1, 0.15) is 16.2 Å². The third-order valence-electron chi connectivity index (χ3n) is 3.85. The molecular weight excluding hydrogens is 507 g/mol. The molecule has 4 rings (SSSR count). The summed E-state index contributed by atoms with van der Waals surface area (Å²) in [6.45, 7) is 1.86. The number of carbonyl (C=O) groups excluding carboxylic acids is 1. The van der Waals surface area contributed by atoms with E-state index in [1.54, 1.807) is 16.6 Å². The van der Waals surface area contributed by atoms with Gasteiger partial charge in [-0.3, -0.25) is 10.1 Å². The number of hydrogen-bond acceptors (Lipinski definition) is 6. The first kappa shape index (κ1) is 18.9. The molecule has 0 saturated carbocycles. The molecule has 7 nitrogen and oxygen atoms in total. The summed E-state index contributed by atoms with van der Waals surface area (Å²) in [7, 11) is 0. The fourth-order valence-corrected chi connectivity index (χ4v) is 3.95. The summed E-state index contributed by atoms with van der Waals surface area (Å²) in [5.74, 6) is 0.487. The lowest BCUT2D eigenvalue weighted by Gasteiger charge is -2.10. The van der Waals surface area contributed by atoms with Gasteiger partial charge >= 0.3 is 0 Å². The van der Waals surface area contributed by atoms with Crippen LogP contribution >= 0.6 is 46.1 Å². The Morgan fingerprint density at radius 2 is 1.96 bits per heavy atom. The Morgan fingerprint density at radius 1 is 1.18 bits per heavy atom. The zero-order valence-corrected chi connectivity index (χ0v) is 18.3. The van der Waals surface area contributed by atoms with E-state index in [4.69, 9.17) is 12.2 Å². The molecule has 0 aliphatic carbocycles. The molecule has 1 amide bonds. The molecule has 140 valence electrons. The standard InChI is InChI=1S/C18H13IN6OS2/c1-10-22-23-18-25(10)24-16(28-18)12-3-2-4-14(9-12)20-17(27)21-15(26)11-5-7-13(19)8-6-11/h2-9H,1H3,(H2,20,21,26,27). The number of thiocarbonyl (C=S) groups is 1. The summed E-state index contributed by atoms with van der Waals surface area (Å²) in [4.78, 5) is 13.0. The topological polar surface area (TPSA) is 84.2 Å². The van der Waals surface area contributed by atoms with Gasteiger partial charge in [0.25, 0.3) is 5.91 Å². The molecule has 4 aromatic rings. The molecular formula is C18H13IN6OS2. The average molecular weight is 520 g/mol. The van der Waals surface area contributed by atoms with Crippen LogP contribution in [0.25, 0.3) is 15.5 Å². The van der Waals surface area contributed by atoms with Gasteiger partial charge in [0.1, 0.15) is 5.01 Å². The summed E-state index contributed by atoms with van der Waals surface area (Å²) in [5, 5.41) is 19.4. The van der Waals surface area contributed by atoms with Crippen molar-refractivity contribution in [3.05, 3.63) is 63.5 Å². The van der Waals surface area contributed by atoms with Gasteiger partial charge in [0, 0.05) is 20.4 Å². The van der Waals surface area contributed by atoms with Crippen molar-refractivity contribution in [2.75, 3.05) is 5.32 Å². The van der Waals surface area contributed by atoms with Crippen LogP contribution in [0, 0.1) is 10.5 Å². The van der Waals surface area contributed by atoms with Gasteiger partial charge in [0.15, 0.2) is 10.9 Å². The lowest BCUT2D eigenvalue weighted by Crippen LogP contribution is -2.34. The number of benzene rings is 2. The first-order chi connectivity index (χ1) is 13.5. The number of rotatable bonds is 3. The van der Waals surface area contributed by atoms with Crippen molar-refractivity contribution in [3.63, 3.8) is 0 Å². The minimum Gasteiger partial charge on any atom is -0.332 e. The number of aromatic nitrogens is 4. The van der Waals surface area contributed by atoms with E-state index in [-0.39, 0.29) is 11.0 Å². The van der Waals surface area contributed by atoms with E-state index in [1.165, 1.54) is 11.3 Å². The van der Waals surface area contributed by atoms with Crippen LogP contribution < -0.4 is 10.6 Å². The van der Waals surface area contributed by atoms with Crippen LogP contribution in [-0.4, -0.2) is 30.8 Å². The molecule has 0 aliphatic rings. The van der Waals surface area contributed by atoms with Crippen molar-refractivity contribution in [3.8, 4) is 10.6 Å². The minimum atomic E-state index is -0.255. The van der Waals surface area contributed by atoms with Gasteiger partial charge in [-0.1, -0.05) is 23.5 Å². The van der Waals surface area contributed by atoms with Gasteiger partial charge < -0.3 is 5.32 Å². The van der Waals surface area contributed by atoms with E-state index in [0.717, 1.165) is 30.6 Å². The normalized spacial score (nSPS) is 10.8. The number of anilines is 1. The molecule has 0 aliphatic heterocycles. The fourth-order valence-electron chi connectivity index (χ4n) is 2.50. The second kappa shape index (κ2) is 7.89. The monoisotopic (exact) mass is 520 g/mol. The zero-order chi connectivity index (χ0) is 19.7. The maximum Gasteiger partial charge on any atom is 0.257 e. The molecule has 0 spiro atoms. The van der Waals surface area contributed by atoms with Crippen molar-refractivity contribution in [1.29, 1.82) is 0 Å². The molecule has 0 atom stereocenters. The maximum absolute atomic E-state index is 12.3. The van der Waals surface area contributed by atoms with E-state index in [0.29, 0.717) is 5.56 Å². The molecule has 10 heteroatoms. The second-order valence-corrected chi connectivity index (χ2v) is 8.45. The van der Waals surface area contributed by atoms with Crippen molar-refractivity contribution in [2.24, 2.45) is 0 Å². The number of carbonyl (C=O) groups is 1. The molecule has 0 bridgehead atoms. The highest BCUT2D eigenvalue weighted by molar-refractivity contribution is 14.1. The Labute approximate surface area is 183 Å². The number of amides is 1. The highest BCUT2D eigenvalue weighted by Crippen LogP contribution is 2.27.